The molecular formula is C16H19ClN2O4S. The summed E-state index contributed by atoms with van der Waals surface area (Å²) in [6.07, 6.45) is 0. The SMILES string of the molecule is CCOC(=O)c1cc(S(=O)(=O)NCc2ccccc2Cl)c(C)n1C. The average Bonchev–Trinajstić information content (AvgIpc) is 2.83. The van der Waals surface area contributed by atoms with Gasteiger partial charge in [0.2, 0.25) is 10.0 Å². The van der Waals surface area contributed by atoms with Crippen molar-refractivity contribution in [2.45, 2.75) is 25.3 Å². The topological polar surface area (TPSA) is 77.4 Å². The molecule has 6 nitrogen and oxygen atoms in total. The molecule has 0 aliphatic rings. The zero-order chi connectivity index (χ0) is 17.9. The molecule has 1 aromatic carbocycles. The van der Waals surface area contributed by atoms with E-state index in [2.05, 4.69) is 4.72 Å². The fourth-order valence-electron chi connectivity index (χ4n) is 2.24. The molecule has 0 atom stereocenters. The van der Waals surface area contributed by atoms with Crippen LogP contribution in [0, 0.1) is 6.92 Å². The van der Waals surface area contributed by atoms with Gasteiger partial charge < -0.3 is 9.30 Å². The summed E-state index contributed by atoms with van der Waals surface area (Å²) < 4.78 is 34.1. The van der Waals surface area contributed by atoms with E-state index in [9.17, 15) is 13.2 Å². The first kappa shape index (κ1) is 18.5. The minimum atomic E-state index is -3.79. The molecule has 1 heterocycles. The lowest BCUT2D eigenvalue weighted by molar-refractivity contribution is 0.0515. The van der Waals surface area contributed by atoms with Crippen molar-refractivity contribution in [3.8, 4) is 0 Å². The second-order valence-corrected chi connectivity index (χ2v) is 7.32. The third-order valence-electron chi connectivity index (χ3n) is 3.67. The predicted octanol–water partition coefficient (Wildman–Crippen LogP) is 2.64. The number of benzene rings is 1. The number of nitrogens with one attached hydrogen (secondary N) is 1. The number of carbonyl (C=O) groups is 1. The van der Waals surface area contributed by atoms with E-state index in [0.717, 1.165) is 0 Å². The van der Waals surface area contributed by atoms with Gasteiger partial charge in [-0.25, -0.2) is 17.9 Å². The number of carbonyl (C=O) groups excluding carboxylic acids is 1. The van der Waals surface area contributed by atoms with Crippen molar-refractivity contribution in [3.63, 3.8) is 0 Å². The summed E-state index contributed by atoms with van der Waals surface area (Å²) in [5.41, 5.74) is 1.30. The molecule has 0 bridgehead atoms. The molecule has 8 heteroatoms. The molecular weight excluding hydrogens is 352 g/mol. The zero-order valence-corrected chi connectivity index (χ0v) is 15.2. The summed E-state index contributed by atoms with van der Waals surface area (Å²) in [7, 11) is -2.17. The summed E-state index contributed by atoms with van der Waals surface area (Å²) in [4.78, 5) is 11.9. The predicted molar refractivity (Wildman–Crippen MR) is 91.6 cm³/mol. The first-order chi connectivity index (χ1) is 11.3. The van der Waals surface area contributed by atoms with Crippen molar-refractivity contribution in [2.24, 2.45) is 7.05 Å². The summed E-state index contributed by atoms with van der Waals surface area (Å²) >= 11 is 6.04. The summed E-state index contributed by atoms with van der Waals surface area (Å²) in [6, 6.07) is 8.31. The van der Waals surface area contributed by atoms with E-state index >= 15 is 0 Å². The number of nitrogens with zero attached hydrogens (tertiary/aromatic N) is 1. The fourth-order valence-corrected chi connectivity index (χ4v) is 3.73. The third kappa shape index (κ3) is 3.80. The monoisotopic (exact) mass is 370 g/mol. The van der Waals surface area contributed by atoms with Gasteiger partial charge in [-0.3, -0.25) is 0 Å². The highest BCUT2D eigenvalue weighted by molar-refractivity contribution is 7.89. The molecule has 1 N–H and O–H groups in total. The smallest absolute Gasteiger partial charge is 0.354 e. The maximum absolute atomic E-state index is 12.6. The molecule has 0 unspecified atom stereocenters. The lowest BCUT2D eigenvalue weighted by Gasteiger charge is -2.08. The van der Waals surface area contributed by atoms with Crippen LogP contribution in [0.3, 0.4) is 0 Å². The number of rotatable bonds is 6. The number of hydrogen-bond acceptors (Lipinski definition) is 4. The average molecular weight is 371 g/mol. The first-order valence-electron chi connectivity index (χ1n) is 7.34. The molecule has 1 aromatic heterocycles. The molecule has 0 amide bonds. The molecule has 24 heavy (non-hydrogen) atoms. The largest absolute Gasteiger partial charge is 0.461 e. The van der Waals surface area contributed by atoms with Gasteiger partial charge in [0.25, 0.3) is 0 Å². The van der Waals surface area contributed by atoms with Crippen LogP contribution < -0.4 is 4.72 Å². The van der Waals surface area contributed by atoms with E-state index in [1.807, 2.05) is 0 Å². The van der Waals surface area contributed by atoms with Crippen LogP contribution in [0.5, 0.6) is 0 Å². The summed E-state index contributed by atoms with van der Waals surface area (Å²) in [5.74, 6) is -0.560. The Kier molecular flexibility index (Phi) is 5.69. The molecule has 2 aromatic rings. The minimum Gasteiger partial charge on any atom is -0.461 e. The minimum absolute atomic E-state index is 0.0418. The van der Waals surface area contributed by atoms with Crippen molar-refractivity contribution in [1.29, 1.82) is 0 Å². The molecule has 130 valence electrons. The molecule has 0 aliphatic heterocycles. The van der Waals surface area contributed by atoms with Crippen molar-refractivity contribution in [1.82, 2.24) is 9.29 Å². The number of halogens is 1. The van der Waals surface area contributed by atoms with E-state index in [1.54, 1.807) is 45.2 Å². The summed E-state index contributed by atoms with van der Waals surface area (Å²) in [5, 5.41) is 0.484. The normalized spacial score (nSPS) is 11.5. The Morgan fingerprint density at radius 2 is 2.00 bits per heavy atom. The van der Waals surface area contributed by atoms with Gasteiger partial charge in [-0.2, -0.15) is 0 Å². The Morgan fingerprint density at radius 1 is 1.33 bits per heavy atom. The van der Waals surface area contributed by atoms with Gasteiger partial charge >= 0.3 is 5.97 Å². The Balaban J connectivity index is 2.28. The highest BCUT2D eigenvalue weighted by Gasteiger charge is 2.24. The molecule has 0 spiro atoms. The molecule has 0 radical (unpaired) electrons. The van der Waals surface area contributed by atoms with E-state index in [4.69, 9.17) is 16.3 Å². The number of aromatic nitrogens is 1. The lowest BCUT2D eigenvalue weighted by Crippen LogP contribution is -2.23. The maximum atomic E-state index is 12.6. The number of hydrogen-bond donors (Lipinski definition) is 1. The van der Waals surface area contributed by atoms with Crippen LogP contribution >= 0.6 is 11.6 Å². The quantitative estimate of drug-likeness (QED) is 0.793. The standard InChI is InChI=1S/C16H19ClN2O4S/c1-4-23-16(20)14-9-15(11(2)19(14)3)24(21,22)18-10-12-7-5-6-8-13(12)17/h5-9,18H,4,10H2,1-3H3. The molecule has 2 rings (SSSR count). The van der Waals surface area contributed by atoms with E-state index in [1.165, 1.54) is 10.6 Å². The van der Waals surface area contributed by atoms with Gasteiger partial charge in [-0.15, -0.1) is 0 Å². The fraction of sp³-hybridized carbons (Fsp3) is 0.312. The number of ether oxygens (including phenoxy) is 1. The van der Waals surface area contributed by atoms with E-state index in [0.29, 0.717) is 16.3 Å². The lowest BCUT2D eigenvalue weighted by atomic mass is 10.2. The Bertz CT molecular complexity index is 859. The van der Waals surface area contributed by atoms with Crippen molar-refractivity contribution >= 4 is 27.6 Å². The van der Waals surface area contributed by atoms with E-state index < -0.39 is 16.0 Å². The molecule has 0 fully saturated rings. The summed E-state index contributed by atoms with van der Waals surface area (Å²) in [6.45, 7) is 3.60. The third-order valence-corrected chi connectivity index (χ3v) is 5.56. The number of esters is 1. The Labute approximate surface area is 146 Å². The van der Waals surface area contributed by atoms with Gasteiger partial charge in [0.1, 0.15) is 10.6 Å². The highest BCUT2D eigenvalue weighted by Crippen LogP contribution is 2.21. The number of sulfonamides is 1. The van der Waals surface area contributed by atoms with Gasteiger partial charge in [0.15, 0.2) is 0 Å². The maximum Gasteiger partial charge on any atom is 0.354 e. The van der Waals surface area contributed by atoms with Crippen molar-refractivity contribution in [2.75, 3.05) is 6.61 Å². The highest BCUT2D eigenvalue weighted by atomic mass is 35.5. The van der Waals surface area contributed by atoms with Crippen LogP contribution in [0.15, 0.2) is 35.2 Å². The molecule has 0 saturated heterocycles. The Hall–Kier alpha value is -1.83. The van der Waals surface area contributed by atoms with Gasteiger partial charge in [0, 0.05) is 24.3 Å². The Morgan fingerprint density at radius 3 is 2.62 bits per heavy atom. The van der Waals surface area contributed by atoms with Crippen LogP contribution in [-0.4, -0.2) is 25.6 Å². The van der Waals surface area contributed by atoms with Crippen LogP contribution in [0.4, 0.5) is 0 Å². The van der Waals surface area contributed by atoms with Crippen LogP contribution in [0.2, 0.25) is 5.02 Å². The van der Waals surface area contributed by atoms with Gasteiger partial charge in [-0.1, -0.05) is 29.8 Å². The van der Waals surface area contributed by atoms with Gasteiger partial charge in [0.05, 0.1) is 6.61 Å². The van der Waals surface area contributed by atoms with Crippen molar-refractivity contribution < 1.29 is 17.9 Å². The first-order valence-corrected chi connectivity index (χ1v) is 9.20. The van der Waals surface area contributed by atoms with Crippen LogP contribution in [0.1, 0.15) is 28.7 Å². The molecule has 0 aliphatic carbocycles. The zero-order valence-electron chi connectivity index (χ0n) is 13.7. The van der Waals surface area contributed by atoms with Crippen molar-refractivity contribution in [3.05, 3.63) is 52.3 Å². The second-order valence-electron chi connectivity index (χ2n) is 5.17. The van der Waals surface area contributed by atoms with Crippen LogP contribution in [0.25, 0.3) is 0 Å². The van der Waals surface area contributed by atoms with Gasteiger partial charge in [-0.05, 0) is 31.5 Å². The van der Waals surface area contributed by atoms with Crippen LogP contribution in [-0.2, 0) is 28.4 Å². The second kappa shape index (κ2) is 7.38. The molecule has 0 saturated carbocycles. The van der Waals surface area contributed by atoms with E-state index in [-0.39, 0.29) is 23.7 Å².